The van der Waals surface area contributed by atoms with Gasteiger partial charge in [-0.05, 0) is 89.0 Å². The number of hydrogen-bond donors (Lipinski definition) is 6. The van der Waals surface area contributed by atoms with Gasteiger partial charge in [0.15, 0.2) is 34.7 Å². The molecule has 0 saturated carbocycles. The topological polar surface area (TPSA) is 279 Å². The van der Waals surface area contributed by atoms with Crippen LogP contribution >= 0.6 is 0 Å². The van der Waals surface area contributed by atoms with Crippen LogP contribution in [0.25, 0.3) is 0 Å². The number of hydrogen-bond acceptors (Lipinski definition) is 18. The molecule has 1 aliphatic carbocycles. The van der Waals surface area contributed by atoms with Crippen molar-refractivity contribution < 1.29 is 146 Å². The SMILES string of the molecule is C1=CCC=CC1.C=C/C=C/C.CC(C)=CC=C(C)C.COC(C)C(O)=CC(=O)C(C)C.COC(C)C(O)=CC(=O)C(C)C.COC(C)C(O)=CC(=O)C(C)C.COC(C)C(O)=CC(=O)C(C)C.COC(C)C(O)=CC(=O)C(C)C.COC(C)C(O)=CC(=O)C(C)C.[CH3-].[CH3-].[CH3-].[CH3-].[CH3-].[CH3-].[Ru+2].[Ru+2].[Ru+2]. The Labute approximate surface area is 651 Å². The van der Waals surface area contributed by atoms with Crippen LogP contribution in [0, 0.1) is 80.1 Å². The average molecular weight is 1690 g/mol. The van der Waals surface area contributed by atoms with Crippen molar-refractivity contribution in [3.05, 3.63) is 188 Å². The maximum atomic E-state index is 11.1. The summed E-state index contributed by atoms with van der Waals surface area (Å²) < 4.78 is 28.9. The fourth-order valence-corrected chi connectivity index (χ4v) is 4.31. The van der Waals surface area contributed by atoms with E-state index < -0.39 is 36.6 Å². The third kappa shape index (κ3) is 93.3. The first kappa shape index (κ1) is 138. The first-order valence-corrected chi connectivity index (χ1v) is 30.6. The molecule has 0 radical (unpaired) electrons. The number of ether oxygens (including phenoxy) is 6. The minimum Gasteiger partial charge on any atom is -0.509 e. The first-order chi connectivity index (χ1) is 42.0. The smallest absolute Gasteiger partial charge is 0.509 e. The quantitative estimate of drug-likeness (QED) is 0.0117. The Kier molecular flexibility index (Phi) is 122. The molecule has 100 heavy (non-hydrogen) atoms. The molecule has 6 unspecified atom stereocenters. The van der Waals surface area contributed by atoms with Gasteiger partial charge in [0.1, 0.15) is 71.2 Å². The van der Waals surface area contributed by atoms with E-state index in [2.05, 4.69) is 70.7 Å². The Bertz CT molecular complexity index is 2000. The molecule has 592 valence electrons. The number of aliphatic hydroxyl groups is 6. The normalized spacial score (nSPS) is 12.9. The molecule has 0 aromatic heterocycles. The van der Waals surface area contributed by atoms with Gasteiger partial charge in [-0.25, -0.2) is 0 Å². The van der Waals surface area contributed by atoms with Crippen LogP contribution in [-0.4, -0.2) is 145 Å². The number of aliphatic hydroxyl groups excluding tert-OH is 6. The third-order valence-electron chi connectivity index (χ3n) is 11.7. The first-order valence-electron chi connectivity index (χ1n) is 30.6. The standard InChI is InChI=1S/6C9H16O3.C8H14.C6H8.C5H8.6CH3.3Ru/c6*1-6(2)8(10)5-9(11)7(3)12-4;1-7(2)5-6-8(3)4;1-2-4-6-5-3-1;1-3-5-4-2;;;;;;;;;/h6*5-7,11H,1-4H3;5-6H,1-4H3;1-2,5-6H,3-4H2;3-5H,1H2,2H3;6*1H3;;;/q;;;;;;;;;6*-1;3*+2/b;;;;;;;;5-4+;;;;;;;;;. The molecule has 0 heterocycles. The molecule has 1 aliphatic rings. The predicted molar refractivity (Wildman–Crippen MR) is 412 cm³/mol. The summed E-state index contributed by atoms with van der Waals surface area (Å²) in [6, 6.07) is 0. The number of allylic oxidation sites excluding steroid dienone is 17. The minimum atomic E-state index is -0.410. The molecule has 6 atom stereocenters. The summed E-state index contributed by atoms with van der Waals surface area (Å²) in [5, 5.41) is 55.5. The zero-order chi connectivity index (χ0) is 73.3. The van der Waals surface area contributed by atoms with Gasteiger partial charge in [-0.1, -0.05) is 155 Å². The van der Waals surface area contributed by atoms with Crippen molar-refractivity contribution in [2.45, 2.75) is 209 Å². The molecular weight excluding hydrogens is 1540 g/mol. The molecule has 0 spiro atoms. The second-order valence-corrected chi connectivity index (χ2v) is 22.7. The van der Waals surface area contributed by atoms with Crippen LogP contribution in [0.4, 0.5) is 0 Å². The zero-order valence-electron chi connectivity index (χ0n) is 68.4. The Morgan fingerprint density at radius 3 is 0.510 bits per heavy atom. The summed E-state index contributed by atoms with van der Waals surface area (Å²) in [4.78, 5) is 66.5. The van der Waals surface area contributed by atoms with Gasteiger partial charge in [0.25, 0.3) is 0 Å². The van der Waals surface area contributed by atoms with Crippen molar-refractivity contribution in [2.75, 3.05) is 42.7 Å². The summed E-state index contributed by atoms with van der Waals surface area (Å²) in [5.41, 5.74) is 2.71. The molecule has 1 rings (SSSR count). The van der Waals surface area contributed by atoms with E-state index in [1.807, 2.05) is 19.1 Å². The van der Waals surface area contributed by atoms with Gasteiger partial charge in [0.05, 0.1) is 0 Å². The summed E-state index contributed by atoms with van der Waals surface area (Å²) in [5.74, 6) is -1.15. The van der Waals surface area contributed by atoms with Crippen LogP contribution in [0.3, 0.4) is 0 Å². The molecule has 0 aromatic carbocycles. The van der Waals surface area contributed by atoms with Crippen LogP contribution in [0.5, 0.6) is 0 Å². The predicted octanol–water partition coefficient (Wildman–Crippen LogP) is 19.4. The van der Waals surface area contributed by atoms with Crippen molar-refractivity contribution in [3.63, 3.8) is 0 Å². The molecule has 21 heteroatoms. The van der Waals surface area contributed by atoms with Gasteiger partial charge in [-0.3, -0.25) is 28.8 Å². The van der Waals surface area contributed by atoms with E-state index in [1.54, 1.807) is 131 Å². The summed E-state index contributed by atoms with van der Waals surface area (Å²) in [6.07, 6.45) is 25.7. The van der Waals surface area contributed by atoms with E-state index in [9.17, 15) is 59.4 Å². The molecular formula is C79H144O18Ru3. The fourth-order valence-electron chi connectivity index (χ4n) is 4.31. The van der Waals surface area contributed by atoms with Crippen molar-refractivity contribution in [1.82, 2.24) is 0 Å². The van der Waals surface area contributed by atoms with Gasteiger partial charge in [-0.2, -0.15) is 0 Å². The van der Waals surface area contributed by atoms with Crippen LogP contribution < -0.4 is 0 Å². The van der Waals surface area contributed by atoms with Gasteiger partial charge >= 0.3 is 58.4 Å². The van der Waals surface area contributed by atoms with Crippen LogP contribution in [0.2, 0.25) is 0 Å². The largest absolute Gasteiger partial charge is 2.00 e. The molecule has 0 aromatic rings. The second-order valence-electron chi connectivity index (χ2n) is 22.7. The number of carbonyl (C=O) groups excluding carboxylic acids is 6. The molecule has 0 aliphatic heterocycles. The monoisotopic (exact) mass is 1690 g/mol. The van der Waals surface area contributed by atoms with E-state index in [1.165, 1.54) is 90.3 Å². The maximum Gasteiger partial charge on any atom is 2.00 e. The zero-order valence-corrected chi connectivity index (χ0v) is 73.6. The second kappa shape index (κ2) is 88.5. The van der Waals surface area contributed by atoms with E-state index in [0.717, 1.165) is 12.8 Å². The van der Waals surface area contributed by atoms with Gasteiger partial charge < -0.3 is 104 Å². The van der Waals surface area contributed by atoms with Crippen LogP contribution in [-0.2, 0) is 116 Å². The van der Waals surface area contributed by atoms with E-state index >= 15 is 0 Å². The van der Waals surface area contributed by atoms with Gasteiger partial charge in [-0.15, -0.1) is 0 Å². The Hall–Kier alpha value is -4.67. The van der Waals surface area contributed by atoms with E-state index in [4.69, 9.17) is 28.4 Å². The Morgan fingerprint density at radius 2 is 0.450 bits per heavy atom. The summed E-state index contributed by atoms with van der Waals surface area (Å²) >= 11 is 0. The molecule has 18 nitrogen and oxygen atoms in total. The maximum absolute atomic E-state index is 11.1. The van der Waals surface area contributed by atoms with E-state index in [-0.39, 0.29) is 208 Å². The Balaban J connectivity index is -0.0000000516. The summed E-state index contributed by atoms with van der Waals surface area (Å²) in [6.45, 7) is 45.3. The van der Waals surface area contributed by atoms with E-state index in [0.29, 0.717) is 0 Å². The molecule has 0 amide bonds. The molecule has 6 N–H and O–H groups in total. The van der Waals surface area contributed by atoms with Crippen molar-refractivity contribution in [1.29, 1.82) is 0 Å². The number of methoxy groups -OCH3 is 6. The van der Waals surface area contributed by atoms with Gasteiger partial charge in [0, 0.05) is 115 Å². The number of rotatable bonds is 26. The number of carbonyl (C=O) groups is 6. The molecule has 0 fully saturated rings. The van der Waals surface area contributed by atoms with Crippen molar-refractivity contribution >= 4 is 34.7 Å². The molecule has 0 bridgehead atoms. The third-order valence-corrected chi connectivity index (χ3v) is 11.7. The molecule has 0 saturated heterocycles. The number of ketones is 6. The Morgan fingerprint density at radius 1 is 0.320 bits per heavy atom. The average Bonchev–Trinajstić information content (AvgIpc) is 2.68. The van der Waals surface area contributed by atoms with Crippen LogP contribution in [0.1, 0.15) is 172 Å². The van der Waals surface area contributed by atoms with Crippen molar-refractivity contribution in [2.24, 2.45) is 35.5 Å². The summed E-state index contributed by atoms with van der Waals surface area (Å²) in [7, 11) is 8.88. The fraction of sp³-hybridized carbons (Fsp3) is 0.544. The van der Waals surface area contributed by atoms with Crippen molar-refractivity contribution in [3.8, 4) is 0 Å². The minimum absolute atomic E-state index is 0. The van der Waals surface area contributed by atoms with Crippen LogP contribution in [0.15, 0.2) is 143 Å². The van der Waals surface area contributed by atoms with Gasteiger partial charge in [0.2, 0.25) is 0 Å².